The maximum absolute atomic E-state index is 10.2. The topological polar surface area (TPSA) is 50.9 Å². The molecule has 96 valence electrons. The summed E-state index contributed by atoms with van der Waals surface area (Å²) < 4.78 is 1.86. The van der Waals surface area contributed by atoms with Crippen molar-refractivity contribution in [2.24, 2.45) is 0 Å². The van der Waals surface area contributed by atoms with Gasteiger partial charge in [-0.1, -0.05) is 36.8 Å². The summed E-state index contributed by atoms with van der Waals surface area (Å²) in [6.07, 6.45) is 2.54. The molecule has 2 rings (SSSR count). The lowest BCUT2D eigenvalue weighted by Crippen LogP contribution is -2.10. The maximum Gasteiger partial charge on any atom is 0.138 e. The second-order valence-electron chi connectivity index (χ2n) is 4.53. The predicted octanol–water partition coefficient (Wildman–Crippen LogP) is 2.27. The Labute approximate surface area is 107 Å². The highest BCUT2D eigenvalue weighted by molar-refractivity contribution is 5.24. The molecule has 1 N–H and O–H groups in total. The third-order valence-corrected chi connectivity index (χ3v) is 2.93. The summed E-state index contributed by atoms with van der Waals surface area (Å²) >= 11 is 0. The number of aliphatic hydroxyl groups excluding tert-OH is 1. The number of nitrogens with zero attached hydrogens (tertiary/aromatic N) is 3. The van der Waals surface area contributed by atoms with Crippen LogP contribution >= 0.6 is 0 Å². The Morgan fingerprint density at radius 1 is 1.39 bits per heavy atom. The summed E-state index contributed by atoms with van der Waals surface area (Å²) in [5, 5.41) is 14.4. The van der Waals surface area contributed by atoms with E-state index in [0.717, 1.165) is 29.9 Å². The molecule has 1 aromatic heterocycles. The van der Waals surface area contributed by atoms with Gasteiger partial charge in [0.2, 0.25) is 0 Å². The zero-order chi connectivity index (χ0) is 13.0. The van der Waals surface area contributed by atoms with Crippen LogP contribution in [0.4, 0.5) is 0 Å². The van der Waals surface area contributed by atoms with Gasteiger partial charge in [0.05, 0.1) is 6.10 Å². The second kappa shape index (κ2) is 5.78. The Kier molecular flexibility index (Phi) is 4.10. The van der Waals surface area contributed by atoms with Crippen LogP contribution in [-0.4, -0.2) is 19.9 Å². The molecular formula is C14H19N3O. The van der Waals surface area contributed by atoms with Gasteiger partial charge < -0.3 is 5.11 Å². The van der Waals surface area contributed by atoms with Crippen LogP contribution in [0.5, 0.6) is 0 Å². The van der Waals surface area contributed by atoms with E-state index in [9.17, 15) is 5.11 Å². The van der Waals surface area contributed by atoms with Gasteiger partial charge in [0, 0.05) is 13.0 Å². The quantitative estimate of drug-likeness (QED) is 0.879. The van der Waals surface area contributed by atoms with Crippen LogP contribution in [0.25, 0.3) is 0 Å². The molecule has 1 atom stereocenters. The third kappa shape index (κ3) is 2.96. The number of rotatable bonds is 5. The molecule has 0 bridgehead atoms. The molecule has 0 saturated carbocycles. The first kappa shape index (κ1) is 12.8. The van der Waals surface area contributed by atoms with Gasteiger partial charge in [-0.2, -0.15) is 5.10 Å². The number of benzene rings is 1. The zero-order valence-corrected chi connectivity index (χ0v) is 10.9. The van der Waals surface area contributed by atoms with Crippen molar-refractivity contribution >= 4 is 0 Å². The highest BCUT2D eigenvalue weighted by atomic mass is 16.3. The molecule has 2 aromatic rings. The van der Waals surface area contributed by atoms with Crippen LogP contribution in [0.15, 0.2) is 30.6 Å². The number of hydrogen-bond acceptors (Lipinski definition) is 3. The number of aryl methyl sites for hydroxylation is 2. The Balaban J connectivity index is 2.11. The van der Waals surface area contributed by atoms with E-state index in [1.165, 1.54) is 0 Å². The molecule has 4 heteroatoms. The number of hydrogen-bond donors (Lipinski definition) is 1. The monoisotopic (exact) mass is 245 g/mol. The Hall–Kier alpha value is -1.68. The minimum Gasteiger partial charge on any atom is -0.388 e. The van der Waals surface area contributed by atoms with E-state index in [2.05, 4.69) is 17.0 Å². The molecule has 0 aliphatic heterocycles. The van der Waals surface area contributed by atoms with Gasteiger partial charge in [-0.15, -0.1) is 0 Å². The minimum absolute atomic E-state index is 0.503. The van der Waals surface area contributed by atoms with Crippen molar-refractivity contribution in [2.45, 2.75) is 39.3 Å². The fraction of sp³-hybridized carbons (Fsp3) is 0.429. The van der Waals surface area contributed by atoms with Gasteiger partial charge in [0.25, 0.3) is 0 Å². The fourth-order valence-corrected chi connectivity index (χ4v) is 2.01. The molecule has 0 aliphatic rings. The normalized spacial score (nSPS) is 12.6. The number of aliphatic hydroxyl groups is 1. The standard InChI is InChI=1S/C14H19N3O/c1-3-7-17-14(15-10-16-17)9-13(18)12-6-4-5-11(2)8-12/h4-6,8,10,13,18H,3,7,9H2,1-2H3. The van der Waals surface area contributed by atoms with Crippen LogP contribution in [0.2, 0.25) is 0 Å². The predicted molar refractivity (Wildman–Crippen MR) is 70.2 cm³/mol. The zero-order valence-electron chi connectivity index (χ0n) is 10.9. The molecule has 1 unspecified atom stereocenters. The lowest BCUT2D eigenvalue weighted by molar-refractivity contribution is 0.174. The molecule has 0 spiro atoms. The van der Waals surface area contributed by atoms with E-state index in [-0.39, 0.29) is 0 Å². The third-order valence-electron chi connectivity index (χ3n) is 2.93. The molecule has 0 aliphatic carbocycles. The highest BCUT2D eigenvalue weighted by Crippen LogP contribution is 2.18. The van der Waals surface area contributed by atoms with Crippen molar-refractivity contribution in [3.63, 3.8) is 0 Å². The van der Waals surface area contributed by atoms with Gasteiger partial charge in [0.15, 0.2) is 0 Å². The van der Waals surface area contributed by atoms with Crippen molar-refractivity contribution in [3.8, 4) is 0 Å². The van der Waals surface area contributed by atoms with Crippen molar-refractivity contribution < 1.29 is 5.11 Å². The van der Waals surface area contributed by atoms with Gasteiger partial charge in [-0.25, -0.2) is 4.98 Å². The van der Waals surface area contributed by atoms with Gasteiger partial charge in [-0.3, -0.25) is 4.68 Å². The average molecular weight is 245 g/mol. The molecule has 1 aromatic carbocycles. The van der Waals surface area contributed by atoms with Crippen LogP contribution in [0, 0.1) is 6.92 Å². The Morgan fingerprint density at radius 3 is 2.94 bits per heavy atom. The fourth-order valence-electron chi connectivity index (χ4n) is 2.01. The summed E-state index contributed by atoms with van der Waals surface area (Å²) in [5.41, 5.74) is 2.09. The smallest absolute Gasteiger partial charge is 0.138 e. The molecule has 1 heterocycles. The molecule has 4 nitrogen and oxygen atoms in total. The van der Waals surface area contributed by atoms with Gasteiger partial charge in [-0.05, 0) is 18.9 Å². The van der Waals surface area contributed by atoms with E-state index in [1.54, 1.807) is 6.33 Å². The molecular weight excluding hydrogens is 226 g/mol. The molecule has 0 amide bonds. The number of aromatic nitrogens is 3. The highest BCUT2D eigenvalue weighted by Gasteiger charge is 2.12. The molecule has 0 fully saturated rings. The molecule has 18 heavy (non-hydrogen) atoms. The van der Waals surface area contributed by atoms with Crippen molar-refractivity contribution in [2.75, 3.05) is 0 Å². The SMILES string of the molecule is CCCn1ncnc1CC(O)c1cccc(C)c1. The summed E-state index contributed by atoms with van der Waals surface area (Å²) in [6, 6.07) is 7.93. The van der Waals surface area contributed by atoms with E-state index in [4.69, 9.17) is 0 Å². The van der Waals surface area contributed by atoms with Crippen molar-refractivity contribution in [1.82, 2.24) is 14.8 Å². The van der Waals surface area contributed by atoms with Crippen molar-refractivity contribution in [3.05, 3.63) is 47.5 Å². The summed E-state index contributed by atoms with van der Waals surface area (Å²) in [6.45, 7) is 4.97. The maximum atomic E-state index is 10.2. The first-order chi connectivity index (χ1) is 8.70. The second-order valence-corrected chi connectivity index (χ2v) is 4.53. The summed E-state index contributed by atoms with van der Waals surface area (Å²) in [5.74, 6) is 0.839. The van der Waals surface area contributed by atoms with E-state index >= 15 is 0 Å². The van der Waals surface area contributed by atoms with E-state index in [1.807, 2.05) is 35.9 Å². The minimum atomic E-state index is -0.523. The van der Waals surface area contributed by atoms with Crippen LogP contribution in [-0.2, 0) is 13.0 Å². The first-order valence-electron chi connectivity index (χ1n) is 6.32. The lowest BCUT2D eigenvalue weighted by Gasteiger charge is -2.12. The first-order valence-corrected chi connectivity index (χ1v) is 6.32. The molecule has 0 saturated heterocycles. The van der Waals surface area contributed by atoms with Gasteiger partial charge >= 0.3 is 0 Å². The van der Waals surface area contributed by atoms with Crippen LogP contribution in [0.3, 0.4) is 0 Å². The summed E-state index contributed by atoms with van der Waals surface area (Å²) in [4.78, 5) is 4.21. The van der Waals surface area contributed by atoms with E-state index < -0.39 is 6.10 Å². The Bertz CT molecular complexity index is 507. The molecule has 0 radical (unpaired) electrons. The Morgan fingerprint density at radius 2 is 2.22 bits per heavy atom. The van der Waals surface area contributed by atoms with Crippen molar-refractivity contribution in [1.29, 1.82) is 0 Å². The van der Waals surface area contributed by atoms with E-state index in [0.29, 0.717) is 6.42 Å². The summed E-state index contributed by atoms with van der Waals surface area (Å²) in [7, 11) is 0. The van der Waals surface area contributed by atoms with Crippen LogP contribution in [0.1, 0.15) is 36.4 Å². The van der Waals surface area contributed by atoms with Crippen LogP contribution < -0.4 is 0 Å². The van der Waals surface area contributed by atoms with Gasteiger partial charge in [0.1, 0.15) is 12.2 Å². The lowest BCUT2D eigenvalue weighted by atomic mass is 10.0. The largest absolute Gasteiger partial charge is 0.388 e. The average Bonchev–Trinajstić information content (AvgIpc) is 2.77.